The average molecular weight is 278 g/mol. The molecule has 1 amide bonds. The van der Waals surface area contributed by atoms with Gasteiger partial charge in [-0.05, 0) is 38.5 Å². The molecule has 2 saturated carbocycles. The molecule has 2 aliphatic carbocycles. The molecule has 0 aliphatic heterocycles. The third kappa shape index (κ3) is 2.10. The van der Waals surface area contributed by atoms with E-state index in [1.165, 1.54) is 37.0 Å². The van der Waals surface area contributed by atoms with Gasteiger partial charge in [0.05, 0.1) is 5.69 Å². The Kier molecular flexibility index (Phi) is 3.37. The van der Waals surface area contributed by atoms with E-state index in [-0.39, 0.29) is 5.91 Å². The number of aromatic nitrogens is 1. The number of amides is 1. The number of nitrogens with zero attached hydrogens (tertiary/aromatic N) is 1. The van der Waals surface area contributed by atoms with E-state index in [4.69, 9.17) is 10.7 Å². The van der Waals surface area contributed by atoms with E-state index in [0.717, 1.165) is 30.0 Å². The topological polar surface area (TPSA) is 56.0 Å². The summed E-state index contributed by atoms with van der Waals surface area (Å²) >= 11 is 1.77. The molecule has 19 heavy (non-hydrogen) atoms. The van der Waals surface area contributed by atoms with Crippen LogP contribution >= 0.6 is 11.3 Å². The van der Waals surface area contributed by atoms with Crippen LogP contribution in [0.5, 0.6) is 0 Å². The fourth-order valence-corrected chi connectivity index (χ4v) is 4.94. The molecule has 0 saturated heterocycles. The lowest BCUT2D eigenvalue weighted by Gasteiger charge is -2.36. The molecule has 2 N–H and O–H groups in total. The molecule has 1 aromatic rings. The second-order valence-corrected chi connectivity index (χ2v) is 7.13. The Labute approximate surface area is 118 Å². The van der Waals surface area contributed by atoms with Gasteiger partial charge in [-0.2, -0.15) is 0 Å². The molecule has 0 unspecified atom stereocenters. The van der Waals surface area contributed by atoms with Crippen molar-refractivity contribution in [3.8, 4) is 0 Å². The zero-order valence-electron chi connectivity index (χ0n) is 11.6. The van der Waals surface area contributed by atoms with Gasteiger partial charge in [0.15, 0.2) is 0 Å². The first-order valence-corrected chi connectivity index (χ1v) is 8.23. The standard InChI is InChI=1S/C15H22N2OS/c1-10-12(11-6-3-2-4-7-11)19-14(17-10)15(13(16)18)8-5-9-15/h11H,2-9H2,1H3,(H2,16,18). The van der Waals surface area contributed by atoms with Crippen LogP contribution in [0.4, 0.5) is 0 Å². The summed E-state index contributed by atoms with van der Waals surface area (Å²) in [6, 6.07) is 0. The van der Waals surface area contributed by atoms with Crippen LogP contribution in [0.2, 0.25) is 0 Å². The lowest BCUT2D eigenvalue weighted by atomic mass is 9.68. The fraction of sp³-hybridized carbons (Fsp3) is 0.733. The third-order valence-electron chi connectivity index (χ3n) is 4.90. The minimum absolute atomic E-state index is 0.178. The molecule has 2 fully saturated rings. The Bertz CT molecular complexity index is 484. The molecule has 104 valence electrons. The number of hydrogen-bond acceptors (Lipinski definition) is 3. The highest BCUT2D eigenvalue weighted by atomic mass is 32.1. The first-order chi connectivity index (χ1) is 9.13. The van der Waals surface area contributed by atoms with Crippen molar-refractivity contribution in [2.45, 2.75) is 69.6 Å². The van der Waals surface area contributed by atoms with Crippen molar-refractivity contribution in [2.24, 2.45) is 5.73 Å². The van der Waals surface area contributed by atoms with E-state index in [2.05, 4.69) is 6.92 Å². The van der Waals surface area contributed by atoms with Crippen LogP contribution in [0.15, 0.2) is 0 Å². The number of rotatable bonds is 3. The van der Waals surface area contributed by atoms with Gasteiger partial charge in [-0.25, -0.2) is 4.98 Å². The molecule has 0 aromatic carbocycles. The minimum atomic E-state index is -0.428. The van der Waals surface area contributed by atoms with Crippen LogP contribution in [-0.4, -0.2) is 10.9 Å². The van der Waals surface area contributed by atoms with E-state index in [1.54, 1.807) is 11.3 Å². The maximum Gasteiger partial charge on any atom is 0.230 e. The summed E-state index contributed by atoms with van der Waals surface area (Å²) in [5.74, 6) is 0.493. The molecule has 3 nitrogen and oxygen atoms in total. The number of primary amides is 1. The van der Waals surface area contributed by atoms with Crippen LogP contribution in [0.3, 0.4) is 0 Å². The van der Waals surface area contributed by atoms with Gasteiger partial charge in [-0.15, -0.1) is 11.3 Å². The van der Waals surface area contributed by atoms with E-state index in [0.29, 0.717) is 5.92 Å². The molecule has 4 heteroatoms. The molecule has 0 atom stereocenters. The second kappa shape index (κ2) is 4.89. The normalized spacial score (nSPS) is 23.0. The fourth-order valence-electron chi connectivity index (χ4n) is 3.45. The summed E-state index contributed by atoms with van der Waals surface area (Å²) in [4.78, 5) is 17.9. The molecule has 0 bridgehead atoms. The Morgan fingerprint density at radius 1 is 1.26 bits per heavy atom. The first kappa shape index (κ1) is 13.1. The molecule has 0 radical (unpaired) electrons. The maximum absolute atomic E-state index is 11.8. The summed E-state index contributed by atoms with van der Waals surface area (Å²) in [7, 11) is 0. The summed E-state index contributed by atoms with van der Waals surface area (Å²) in [5.41, 5.74) is 6.34. The van der Waals surface area contributed by atoms with Gasteiger partial charge >= 0.3 is 0 Å². The van der Waals surface area contributed by atoms with E-state index in [9.17, 15) is 4.79 Å². The van der Waals surface area contributed by atoms with Crippen LogP contribution in [0.1, 0.15) is 72.9 Å². The van der Waals surface area contributed by atoms with Gasteiger partial charge in [-0.3, -0.25) is 4.79 Å². The lowest BCUT2D eigenvalue weighted by Crippen LogP contribution is -2.46. The first-order valence-electron chi connectivity index (χ1n) is 7.41. The summed E-state index contributed by atoms with van der Waals surface area (Å²) in [6.07, 6.45) is 9.47. The highest BCUT2D eigenvalue weighted by Crippen LogP contribution is 2.47. The number of nitrogens with two attached hydrogens (primary N) is 1. The van der Waals surface area contributed by atoms with Crippen molar-refractivity contribution in [1.29, 1.82) is 0 Å². The zero-order valence-corrected chi connectivity index (χ0v) is 12.4. The maximum atomic E-state index is 11.8. The van der Waals surface area contributed by atoms with Gasteiger partial charge in [0.25, 0.3) is 0 Å². The van der Waals surface area contributed by atoms with Gasteiger partial charge in [-0.1, -0.05) is 25.7 Å². The Balaban J connectivity index is 1.90. The zero-order chi connectivity index (χ0) is 13.5. The van der Waals surface area contributed by atoms with Crippen LogP contribution in [-0.2, 0) is 10.2 Å². The van der Waals surface area contributed by atoms with Crippen molar-refractivity contribution >= 4 is 17.2 Å². The molecule has 1 aromatic heterocycles. The van der Waals surface area contributed by atoms with Gasteiger partial charge in [0.1, 0.15) is 10.4 Å². The highest BCUT2D eigenvalue weighted by molar-refractivity contribution is 7.12. The Morgan fingerprint density at radius 3 is 2.47 bits per heavy atom. The Hall–Kier alpha value is -0.900. The molecule has 2 aliphatic rings. The largest absolute Gasteiger partial charge is 0.369 e. The monoisotopic (exact) mass is 278 g/mol. The van der Waals surface area contributed by atoms with Gasteiger partial charge in [0.2, 0.25) is 5.91 Å². The lowest BCUT2D eigenvalue weighted by molar-refractivity contribution is -0.126. The highest BCUT2D eigenvalue weighted by Gasteiger charge is 2.47. The minimum Gasteiger partial charge on any atom is -0.369 e. The van der Waals surface area contributed by atoms with Gasteiger partial charge < -0.3 is 5.73 Å². The molecule has 0 spiro atoms. The molecular formula is C15H22N2OS. The summed E-state index contributed by atoms with van der Waals surface area (Å²) < 4.78 is 0. The molecule has 3 rings (SSSR count). The van der Waals surface area contributed by atoms with Crippen molar-refractivity contribution < 1.29 is 4.79 Å². The van der Waals surface area contributed by atoms with Crippen molar-refractivity contribution in [1.82, 2.24) is 4.98 Å². The predicted molar refractivity (Wildman–Crippen MR) is 77.4 cm³/mol. The average Bonchev–Trinajstić information content (AvgIpc) is 2.70. The number of aryl methyl sites for hydroxylation is 1. The molecule has 1 heterocycles. The summed E-state index contributed by atoms with van der Waals surface area (Å²) in [6.45, 7) is 2.09. The molecular weight excluding hydrogens is 256 g/mol. The van der Waals surface area contributed by atoms with Gasteiger partial charge in [0, 0.05) is 4.88 Å². The van der Waals surface area contributed by atoms with E-state index >= 15 is 0 Å². The van der Waals surface area contributed by atoms with Crippen LogP contribution in [0.25, 0.3) is 0 Å². The van der Waals surface area contributed by atoms with E-state index in [1.807, 2.05) is 0 Å². The number of carbonyl (C=O) groups excluding carboxylic acids is 1. The van der Waals surface area contributed by atoms with Crippen LogP contribution in [0, 0.1) is 6.92 Å². The SMILES string of the molecule is Cc1nc(C2(C(N)=O)CCC2)sc1C1CCCCC1. The summed E-state index contributed by atoms with van der Waals surface area (Å²) in [5, 5.41) is 0.990. The number of hydrogen-bond donors (Lipinski definition) is 1. The second-order valence-electron chi connectivity index (χ2n) is 6.10. The van der Waals surface area contributed by atoms with Crippen molar-refractivity contribution in [3.63, 3.8) is 0 Å². The predicted octanol–water partition coefficient (Wildman–Crippen LogP) is 3.41. The van der Waals surface area contributed by atoms with Crippen molar-refractivity contribution in [3.05, 3.63) is 15.6 Å². The Morgan fingerprint density at radius 2 is 1.95 bits per heavy atom. The third-order valence-corrected chi connectivity index (χ3v) is 6.42. The number of thiazole rings is 1. The smallest absolute Gasteiger partial charge is 0.230 e. The quantitative estimate of drug-likeness (QED) is 0.921. The van der Waals surface area contributed by atoms with Crippen LogP contribution < -0.4 is 5.73 Å². The van der Waals surface area contributed by atoms with E-state index < -0.39 is 5.41 Å². The number of carbonyl (C=O) groups is 1. The van der Waals surface area contributed by atoms with Crippen molar-refractivity contribution in [2.75, 3.05) is 0 Å².